The molecule has 1 aliphatic carbocycles. The van der Waals surface area contributed by atoms with Gasteiger partial charge in [-0.25, -0.2) is 4.99 Å². The highest BCUT2D eigenvalue weighted by molar-refractivity contribution is 5.85. The van der Waals surface area contributed by atoms with Crippen molar-refractivity contribution < 1.29 is 14.3 Å². The Labute approximate surface area is 156 Å². The third-order valence-electron chi connectivity index (χ3n) is 5.74. The van der Waals surface area contributed by atoms with E-state index in [-0.39, 0.29) is 24.2 Å². The number of guanidine groups is 1. The monoisotopic (exact) mass is 366 g/mol. The molecule has 2 atom stereocenters. The van der Waals surface area contributed by atoms with Crippen molar-refractivity contribution in [1.29, 1.82) is 0 Å². The maximum Gasteiger partial charge on any atom is 0.243 e. The number of rotatable bonds is 5. The van der Waals surface area contributed by atoms with Gasteiger partial charge in [-0.3, -0.25) is 4.79 Å². The number of carbonyl (C=O) groups excluding carboxylic acids is 1. The highest BCUT2D eigenvalue weighted by atomic mass is 16.5. The van der Waals surface area contributed by atoms with Gasteiger partial charge in [0.25, 0.3) is 0 Å². The lowest BCUT2D eigenvalue weighted by atomic mass is 9.74. The molecule has 0 aromatic rings. The number of nitrogens with zero attached hydrogens (tertiary/aromatic N) is 2. The third-order valence-corrected chi connectivity index (χ3v) is 5.74. The minimum Gasteiger partial charge on any atom is -0.376 e. The maximum absolute atomic E-state index is 11.9. The van der Waals surface area contributed by atoms with E-state index in [1.54, 1.807) is 19.0 Å². The Hall–Kier alpha value is -1.34. The summed E-state index contributed by atoms with van der Waals surface area (Å²) in [6.45, 7) is 2.53. The van der Waals surface area contributed by atoms with Crippen molar-refractivity contribution in [2.24, 2.45) is 4.99 Å². The maximum atomic E-state index is 11.9. The molecule has 1 amide bonds. The zero-order valence-electron chi connectivity index (χ0n) is 16.3. The summed E-state index contributed by atoms with van der Waals surface area (Å²) in [5, 5.41) is 6.94. The molecule has 0 radical (unpaired) electrons. The van der Waals surface area contributed by atoms with E-state index in [1.165, 1.54) is 25.7 Å². The molecule has 0 bridgehead atoms. The quantitative estimate of drug-likeness (QED) is 0.566. The molecular weight excluding hydrogens is 332 g/mol. The molecule has 7 nitrogen and oxygen atoms in total. The van der Waals surface area contributed by atoms with Gasteiger partial charge in [-0.05, 0) is 51.4 Å². The number of aliphatic imine (C=N–C) groups is 1. The van der Waals surface area contributed by atoms with Crippen LogP contribution in [0.1, 0.15) is 51.4 Å². The molecular formula is C19H34N4O3. The average Bonchev–Trinajstić information content (AvgIpc) is 2.63. The Balaban J connectivity index is 1.55. The number of ether oxygens (including phenoxy) is 2. The van der Waals surface area contributed by atoms with Crippen molar-refractivity contribution in [3.8, 4) is 0 Å². The van der Waals surface area contributed by atoms with Gasteiger partial charge in [0.15, 0.2) is 5.96 Å². The molecule has 3 aliphatic rings. The van der Waals surface area contributed by atoms with Gasteiger partial charge in [0.2, 0.25) is 5.91 Å². The summed E-state index contributed by atoms with van der Waals surface area (Å²) in [6.07, 6.45) is 9.28. The normalized spacial score (nSPS) is 28.3. The van der Waals surface area contributed by atoms with Crippen LogP contribution in [0.5, 0.6) is 0 Å². The predicted molar refractivity (Wildman–Crippen MR) is 101 cm³/mol. The summed E-state index contributed by atoms with van der Waals surface area (Å²) in [5.74, 6) is 0.721. The summed E-state index contributed by atoms with van der Waals surface area (Å²) in [4.78, 5) is 18.0. The number of carbonyl (C=O) groups is 1. The fraction of sp³-hybridized carbons (Fsp3) is 0.895. The molecule has 7 heteroatoms. The first-order valence-corrected chi connectivity index (χ1v) is 10.1. The van der Waals surface area contributed by atoms with E-state index >= 15 is 0 Å². The summed E-state index contributed by atoms with van der Waals surface area (Å²) in [5.41, 5.74) is 0.0902. The molecule has 26 heavy (non-hydrogen) atoms. The van der Waals surface area contributed by atoms with Gasteiger partial charge >= 0.3 is 0 Å². The van der Waals surface area contributed by atoms with Gasteiger partial charge in [0.05, 0.1) is 11.7 Å². The molecule has 148 valence electrons. The SMILES string of the molecule is CN(C)C(=O)CN=C(NCC1CCCCO1)NC1CCOC2(CCC2)C1. The fourth-order valence-corrected chi connectivity index (χ4v) is 3.88. The van der Waals surface area contributed by atoms with Crippen LogP contribution in [0.25, 0.3) is 0 Å². The van der Waals surface area contributed by atoms with Crippen molar-refractivity contribution in [2.45, 2.75) is 69.1 Å². The van der Waals surface area contributed by atoms with Crippen LogP contribution in [0.2, 0.25) is 0 Å². The van der Waals surface area contributed by atoms with E-state index in [0.717, 1.165) is 51.4 Å². The lowest BCUT2D eigenvalue weighted by Gasteiger charge is -2.47. The van der Waals surface area contributed by atoms with Gasteiger partial charge in [0, 0.05) is 39.9 Å². The van der Waals surface area contributed by atoms with Crippen LogP contribution in [-0.2, 0) is 14.3 Å². The van der Waals surface area contributed by atoms with Crippen molar-refractivity contribution in [3.05, 3.63) is 0 Å². The van der Waals surface area contributed by atoms with Gasteiger partial charge in [0.1, 0.15) is 6.54 Å². The summed E-state index contributed by atoms with van der Waals surface area (Å²) < 4.78 is 11.8. The van der Waals surface area contributed by atoms with Crippen LogP contribution in [0.3, 0.4) is 0 Å². The summed E-state index contributed by atoms with van der Waals surface area (Å²) in [7, 11) is 3.51. The molecule has 1 spiro atoms. The van der Waals surface area contributed by atoms with E-state index in [1.807, 2.05) is 0 Å². The number of hydrogen-bond acceptors (Lipinski definition) is 4. The summed E-state index contributed by atoms with van der Waals surface area (Å²) >= 11 is 0. The van der Waals surface area contributed by atoms with Crippen LogP contribution < -0.4 is 10.6 Å². The van der Waals surface area contributed by atoms with Crippen LogP contribution in [0.4, 0.5) is 0 Å². The Kier molecular flexibility index (Phi) is 6.75. The minimum absolute atomic E-state index is 0.00228. The fourth-order valence-electron chi connectivity index (χ4n) is 3.88. The van der Waals surface area contributed by atoms with Crippen LogP contribution in [0, 0.1) is 0 Å². The molecule has 0 aromatic carbocycles. The number of amides is 1. The smallest absolute Gasteiger partial charge is 0.243 e. The Morgan fingerprint density at radius 2 is 2.04 bits per heavy atom. The zero-order chi connectivity index (χ0) is 18.4. The van der Waals surface area contributed by atoms with Crippen molar-refractivity contribution in [1.82, 2.24) is 15.5 Å². The van der Waals surface area contributed by atoms with E-state index in [9.17, 15) is 4.79 Å². The molecule has 1 saturated carbocycles. The van der Waals surface area contributed by atoms with E-state index in [0.29, 0.717) is 6.04 Å². The second kappa shape index (κ2) is 9.04. The minimum atomic E-state index is 0.00228. The largest absolute Gasteiger partial charge is 0.376 e. The molecule has 2 saturated heterocycles. The van der Waals surface area contributed by atoms with E-state index in [2.05, 4.69) is 15.6 Å². The molecule has 0 aromatic heterocycles. The molecule has 2 N–H and O–H groups in total. The lowest BCUT2D eigenvalue weighted by Crippen LogP contribution is -2.54. The Bertz CT molecular complexity index is 499. The first-order chi connectivity index (χ1) is 12.6. The number of hydrogen-bond donors (Lipinski definition) is 2. The molecule has 3 rings (SSSR count). The summed E-state index contributed by atoms with van der Waals surface area (Å²) in [6, 6.07) is 0.344. The first-order valence-electron chi connectivity index (χ1n) is 10.1. The topological polar surface area (TPSA) is 75.2 Å². The van der Waals surface area contributed by atoms with Gasteiger partial charge in [-0.15, -0.1) is 0 Å². The Morgan fingerprint density at radius 1 is 1.19 bits per heavy atom. The lowest BCUT2D eigenvalue weighted by molar-refractivity contribution is -0.134. The average molecular weight is 367 g/mol. The number of nitrogens with one attached hydrogen (secondary N) is 2. The standard InChI is InChI=1S/C19H34N4O3/c1-23(2)17(24)14-21-18(20-13-16-6-3-4-10-25-16)22-15-7-11-26-19(12-15)8-5-9-19/h15-16H,3-14H2,1-2H3,(H2,20,21,22). The molecule has 3 fully saturated rings. The predicted octanol–water partition coefficient (Wildman–Crippen LogP) is 1.28. The number of likely N-dealkylation sites (N-methyl/N-ethyl adjacent to an activating group) is 1. The van der Waals surface area contributed by atoms with Crippen molar-refractivity contribution >= 4 is 11.9 Å². The molecule has 2 unspecified atom stereocenters. The molecule has 2 heterocycles. The van der Waals surface area contributed by atoms with Crippen molar-refractivity contribution in [3.63, 3.8) is 0 Å². The van der Waals surface area contributed by atoms with Crippen LogP contribution >= 0.6 is 0 Å². The first kappa shape index (κ1) is 19.4. The Morgan fingerprint density at radius 3 is 2.69 bits per heavy atom. The second-order valence-corrected chi connectivity index (χ2v) is 8.04. The highest BCUT2D eigenvalue weighted by Gasteiger charge is 2.42. The van der Waals surface area contributed by atoms with Crippen molar-refractivity contribution in [2.75, 3.05) is 40.4 Å². The second-order valence-electron chi connectivity index (χ2n) is 8.04. The van der Waals surface area contributed by atoms with Gasteiger partial charge < -0.3 is 25.0 Å². The van der Waals surface area contributed by atoms with E-state index < -0.39 is 0 Å². The van der Waals surface area contributed by atoms with Gasteiger partial charge in [-0.2, -0.15) is 0 Å². The zero-order valence-corrected chi connectivity index (χ0v) is 16.3. The van der Waals surface area contributed by atoms with Crippen LogP contribution in [0.15, 0.2) is 4.99 Å². The van der Waals surface area contributed by atoms with E-state index in [4.69, 9.17) is 9.47 Å². The highest BCUT2D eigenvalue weighted by Crippen LogP contribution is 2.42. The van der Waals surface area contributed by atoms with Crippen LogP contribution in [-0.4, -0.2) is 74.9 Å². The molecule has 2 aliphatic heterocycles. The van der Waals surface area contributed by atoms with Gasteiger partial charge in [-0.1, -0.05) is 0 Å². The third kappa shape index (κ3) is 5.33.